The maximum absolute atomic E-state index is 13.8. The predicted octanol–water partition coefficient (Wildman–Crippen LogP) is 3.50. The maximum Gasteiger partial charge on any atom is 0.170 e. The zero-order chi connectivity index (χ0) is 11.4. The topological polar surface area (TPSA) is 35.2 Å². The van der Waals surface area contributed by atoms with Crippen LogP contribution < -0.4 is 10.5 Å². The molecular weight excluding hydrogens is 241 g/mol. The van der Waals surface area contributed by atoms with Gasteiger partial charge in [0.1, 0.15) is 5.75 Å². The third-order valence-corrected chi connectivity index (χ3v) is 2.23. The van der Waals surface area contributed by atoms with Crippen LogP contribution in [0.4, 0.5) is 4.39 Å². The van der Waals surface area contributed by atoms with Gasteiger partial charge in [0.25, 0.3) is 0 Å². The second kappa shape index (κ2) is 6.23. The smallest absolute Gasteiger partial charge is 0.170 e. The monoisotopic (exact) mass is 253 g/mol. The van der Waals surface area contributed by atoms with Gasteiger partial charge >= 0.3 is 0 Å². The lowest BCUT2D eigenvalue weighted by Crippen LogP contribution is -2.01. The summed E-state index contributed by atoms with van der Waals surface area (Å²) >= 11 is 0. The van der Waals surface area contributed by atoms with Gasteiger partial charge in [0.15, 0.2) is 11.6 Å². The first-order valence-corrected chi connectivity index (χ1v) is 5.01. The molecule has 2 rings (SSSR count). The molecule has 4 heteroatoms. The molecule has 0 aliphatic heterocycles. The molecule has 2 aromatic carbocycles. The van der Waals surface area contributed by atoms with Gasteiger partial charge in [0.05, 0.1) is 0 Å². The first-order chi connectivity index (χ1) is 7.81. The predicted molar refractivity (Wildman–Crippen MR) is 68.1 cm³/mol. The van der Waals surface area contributed by atoms with Crippen LogP contribution in [0.25, 0.3) is 0 Å². The summed E-state index contributed by atoms with van der Waals surface area (Å²) in [4.78, 5) is 0. The highest BCUT2D eigenvalue weighted by atomic mass is 35.5. The van der Waals surface area contributed by atoms with Crippen LogP contribution in [0.3, 0.4) is 0 Å². The van der Waals surface area contributed by atoms with E-state index in [0.29, 0.717) is 11.3 Å². The Morgan fingerprint density at radius 3 is 2.35 bits per heavy atom. The van der Waals surface area contributed by atoms with Crippen molar-refractivity contribution in [3.63, 3.8) is 0 Å². The molecule has 2 N–H and O–H groups in total. The van der Waals surface area contributed by atoms with Crippen molar-refractivity contribution >= 4 is 12.4 Å². The molecule has 0 heterocycles. The van der Waals surface area contributed by atoms with E-state index in [1.807, 2.05) is 18.2 Å². The van der Waals surface area contributed by atoms with E-state index in [-0.39, 0.29) is 24.7 Å². The molecule has 90 valence electrons. The van der Waals surface area contributed by atoms with Crippen LogP contribution >= 0.6 is 12.4 Å². The van der Waals surface area contributed by atoms with E-state index in [4.69, 9.17) is 10.5 Å². The summed E-state index contributed by atoms with van der Waals surface area (Å²) in [6, 6.07) is 14.0. The van der Waals surface area contributed by atoms with Crippen LogP contribution in [-0.4, -0.2) is 0 Å². The second-order valence-electron chi connectivity index (χ2n) is 3.35. The Labute approximate surface area is 106 Å². The highest BCUT2D eigenvalue weighted by Gasteiger charge is 2.08. The summed E-state index contributed by atoms with van der Waals surface area (Å²) in [5.41, 5.74) is 5.87. The van der Waals surface area contributed by atoms with Crippen molar-refractivity contribution < 1.29 is 9.13 Å². The quantitative estimate of drug-likeness (QED) is 0.909. The van der Waals surface area contributed by atoms with E-state index in [2.05, 4.69) is 0 Å². The normalized spacial score (nSPS) is 9.53. The molecule has 0 saturated carbocycles. The lowest BCUT2D eigenvalue weighted by molar-refractivity contribution is 0.438. The molecule has 2 aromatic rings. The summed E-state index contributed by atoms with van der Waals surface area (Å²) < 4.78 is 19.2. The Kier molecular flexibility index (Phi) is 4.94. The summed E-state index contributed by atoms with van der Waals surface area (Å²) in [5, 5.41) is 0. The van der Waals surface area contributed by atoms with E-state index in [1.54, 1.807) is 30.3 Å². The van der Waals surface area contributed by atoms with Crippen molar-refractivity contribution in [2.75, 3.05) is 0 Å². The van der Waals surface area contributed by atoms with Gasteiger partial charge in [-0.2, -0.15) is 0 Å². The summed E-state index contributed by atoms with van der Waals surface area (Å²) in [6.07, 6.45) is 0. The lowest BCUT2D eigenvalue weighted by Gasteiger charge is -2.08. The molecule has 0 saturated heterocycles. The van der Waals surface area contributed by atoms with Crippen LogP contribution in [0.15, 0.2) is 48.5 Å². The van der Waals surface area contributed by atoms with Crippen LogP contribution in [-0.2, 0) is 6.54 Å². The van der Waals surface area contributed by atoms with Gasteiger partial charge in [0.2, 0.25) is 0 Å². The lowest BCUT2D eigenvalue weighted by atomic mass is 10.2. The first-order valence-electron chi connectivity index (χ1n) is 5.01. The fourth-order valence-corrected chi connectivity index (χ4v) is 1.41. The number of nitrogens with two attached hydrogens (primary N) is 1. The minimum Gasteiger partial charge on any atom is -0.454 e. The molecule has 0 unspecified atom stereocenters. The molecule has 0 fully saturated rings. The number of halogens is 2. The number of hydrogen-bond donors (Lipinski definition) is 1. The van der Waals surface area contributed by atoms with Gasteiger partial charge in [-0.15, -0.1) is 12.4 Å². The van der Waals surface area contributed by atoms with Crippen molar-refractivity contribution in [3.05, 3.63) is 59.9 Å². The van der Waals surface area contributed by atoms with Gasteiger partial charge in [-0.05, 0) is 18.2 Å². The summed E-state index contributed by atoms with van der Waals surface area (Å²) in [6.45, 7) is 0.165. The Morgan fingerprint density at radius 1 is 1.00 bits per heavy atom. The Balaban J connectivity index is 0.00000144. The molecule has 0 spiro atoms. The molecule has 0 bridgehead atoms. The zero-order valence-corrected chi connectivity index (χ0v) is 9.91. The van der Waals surface area contributed by atoms with E-state index >= 15 is 0 Å². The highest BCUT2D eigenvalue weighted by molar-refractivity contribution is 5.85. The SMILES string of the molecule is Cl.NCc1cccc(Oc2ccccc2)c1F. The molecular formula is C13H13ClFNO. The van der Waals surface area contributed by atoms with Gasteiger partial charge in [-0.25, -0.2) is 4.39 Å². The Morgan fingerprint density at radius 2 is 1.71 bits per heavy atom. The Hall–Kier alpha value is -1.58. The van der Waals surface area contributed by atoms with Gasteiger partial charge in [-0.1, -0.05) is 30.3 Å². The van der Waals surface area contributed by atoms with Crippen LogP contribution in [0.2, 0.25) is 0 Å². The molecule has 0 radical (unpaired) electrons. The van der Waals surface area contributed by atoms with E-state index in [1.165, 1.54) is 0 Å². The Bertz CT molecular complexity index is 476. The third kappa shape index (κ3) is 3.19. The molecule has 17 heavy (non-hydrogen) atoms. The third-order valence-electron chi connectivity index (χ3n) is 2.23. The standard InChI is InChI=1S/C13H12FNO.ClH/c14-13-10(9-15)5-4-8-12(13)16-11-6-2-1-3-7-11;/h1-8H,9,15H2;1H. The number of para-hydroxylation sites is 1. The highest BCUT2D eigenvalue weighted by Crippen LogP contribution is 2.25. The van der Waals surface area contributed by atoms with E-state index < -0.39 is 5.82 Å². The average Bonchev–Trinajstić information content (AvgIpc) is 2.33. The van der Waals surface area contributed by atoms with Crippen molar-refractivity contribution in [2.45, 2.75) is 6.54 Å². The number of rotatable bonds is 3. The van der Waals surface area contributed by atoms with E-state index in [9.17, 15) is 4.39 Å². The number of hydrogen-bond acceptors (Lipinski definition) is 2. The van der Waals surface area contributed by atoms with E-state index in [0.717, 1.165) is 0 Å². The summed E-state index contributed by atoms with van der Waals surface area (Å²) in [5.74, 6) is 0.415. The van der Waals surface area contributed by atoms with Crippen molar-refractivity contribution in [2.24, 2.45) is 5.73 Å². The van der Waals surface area contributed by atoms with Crippen LogP contribution in [0.1, 0.15) is 5.56 Å². The molecule has 0 aromatic heterocycles. The maximum atomic E-state index is 13.8. The van der Waals surface area contributed by atoms with Gasteiger partial charge < -0.3 is 10.5 Å². The van der Waals surface area contributed by atoms with Gasteiger partial charge in [-0.3, -0.25) is 0 Å². The molecule has 0 aliphatic carbocycles. The van der Waals surface area contributed by atoms with Crippen LogP contribution in [0.5, 0.6) is 11.5 Å². The largest absolute Gasteiger partial charge is 0.454 e. The fourth-order valence-electron chi connectivity index (χ4n) is 1.41. The minimum atomic E-state index is -0.395. The molecule has 0 aliphatic rings. The average molecular weight is 254 g/mol. The van der Waals surface area contributed by atoms with Crippen molar-refractivity contribution in [1.82, 2.24) is 0 Å². The molecule has 0 amide bonds. The second-order valence-corrected chi connectivity index (χ2v) is 3.35. The molecule has 0 atom stereocenters. The van der Waals surface area contributed by atoms with Crippen molar-refractivity contribution in [3.8, 4) is 11.5 Å². The number of benzene rings is 2. The fraction of sp³-hybridized carbons (Fsp3) is 0.0769. The van der Waals surface area contributed by atoms with Crippen LogP contribution in [0, 0.1) is 5.82 Å². The van der Waals surface area contributed by atoms with Gasteiger partial charge in [0, 0.05) is 12.1 Å². The molecule has 2 nitrogen and oxygen atoms in total. The zero-order valence-electron chi connectivity index (χ0n) is 9.10. The minimum absolute atomic E-state index is 0. The van der Waals surface area contributed by atoms with Crippen molar-refractivity contribution in [1.29, 1.82) is 0 Å². The summed E-state index contributed by atoms with van der Waals surface area (Å²) in [7, 11) is 0. The number of ether oxygens (including phenoxy) is 1. The first kappa shape index (κ1) is 13.5.